The highest BCUT2D eigenvalue weighted by atomic mass is 32.1. The van der Waals surface area contributed by atoms with E-state index in [2.05, 4.69) is 18.7 Å². The van der Waals surface area contributed by atoms with E-state index in [1.165, 1.54) is 0 Å². The summed E-state index contributed by atoms with van der Waals surface area (Å²) in [5, 5.41) is 0.884. The highest BCUT2D eigenvalue weighted by Gasteiger charge is 2.08. The van der Waals surface area contributed by atoms with E-state index in [9.17, 15) is 0 Å². The lowest BCUT2D eigenvalue weighted by Gasteiger charge is -2.28. The van der Waals surface area contributed by atoms with Crippen molar-refractivity contribution in [2.45, 2.75) is 19.9 Å². The van der Waals surface area contributed by atoms with Crippen LogP contribution in [0, 0.1) is 0 Å². The van der Waals surface area contributed by atoms with Crippen LogP contribution >= 0.6 is 12.2 Å². The maximum absolute atomic E-state index is 5.13. The van der Waals surface area contributed by atoms with Crippen LogP contribution in [0.5, 0.6) is 0 Å². The molecule has 0 bridgehead atoms. The third kappa shape index (κ3) is 2.52. The zero-order valence-corrected chi connectivity index (χ0v) is 8.20. The average molecular weight is 160 g/mol. The molecular weight excluding hydrogens is 144 g/mol. The Labute approximate surface area is 68.8 Å². The third-order valence-corrected chi connectivity index (χ3v) is 2.11. The minimum absolute atomic E-state index is 0.481. The summed E-state index contributed by atoms with van der Waals surface area (Å²) in [4.78, 5) is 4.00. The summed E-state index contributed by atoms with van der Waals surface area (Å²) in [7, 11) is 5.93. The summed E-state index contributed by atoms with van der Waals surface area (Å²) in [6.07, 6.45) is 0. The Balaban J connectivity index is 3.95. The predicted molar refractivity (Wildman–Crippen MR) is 49.2 cm³/mol. The molecule has 0 aromatic carbocycles. The van der Waals surface area contributed by atoms with Crippen LogP contribution in [-0.4, -0.2) is 42.1 Å². The van der Waals surface area contributed by atoms with E-state index in [1.807, 2.05) is 26.0 Å². The molecule has 0 aromatic heterocycles. The minimum Gasteiger partial charge on any atom is -0.355 e. The second kappa shape index (κ2) is 3.76. The fourth-order valence-electron chi connectivity index (χ4n) is 0.536. The molecule has 60 valence electrons. The highest BCUT2D eigenvalue weighted by Crippen LogP contribution is 1.97. The van der Waals surface area contributed by atoms with Crippen molar-refractivity contribution in [2.75, 3.05) is 21.1 Å². The van der Waals surface area contributed by atoms with Crippen LogP contribution in [-0.2, 0) is 0 Å². The van der Waals surface area contributed by atoms with Crippen LogP contribution < -0.4 is 0 Å². The maximum Gasteiger partial charge on any atom is 0.171 e. The van der Waals surface area contributed by atoms with Crippen molar-refractivity contribution >= 4 is 17.3 Å². The van der Waals surface area contributed by atoms with Gasteiger partial charge in [-0.15, -0.1) is 0 Å². The lowest BCUT2D eigenvalue weighted by Crippen LogP contribution is -2.40. The van der Waals surface area contributed by atoms with Crippen molar-refractivity contribution in [3.05, 3.63) is 0 Å². The normalized spacial score (nSPS) is 9.80. The van der Waals surface area contributed by atoms with E-state index >= 15 is 0 Å². The van der Waals surface area contributed by atoms with Gasteiger partial charge in [-0.3, -0.25) is 0 Å². The van der Waals surface area contributed by atoms with Gasteiger partial charge in [0.15, 0.2) is 5.11 Å². The van der Waals surface area contributed by atoms with Crippen molar-refractivity contribution in [2.24, 2.45) is 0 Å². The van der Waals surface area contributed by atoms with Crippen LogP contribution in [0.25, 0.3) is 0 Å². The van der Waals surface area contributed by atoms with Gasteiger partial charge in [0.05, 0.1) is 0 Å². The third-order valence-electron chi connectivity index (χ3n) is 1.46. The quantitative estimate of drug-likeness (QED) is 0.532. The lowest BCUT2D eigenvalue weighted by atomic mass is 10.4. The minimum atomic E-state index is 0.481. The molecule has 0 rings (SSSR count). The van der Waals surface area contributed by atoms with Crippen LogP contribution in [0.4, 0.5) is 0 Å². The first-order chi connectivity index (χ1) is 4.46. The van der Waals surface area contributed by atoms with Crippen molar-refractivity contribution in [1.82, 2.24) is 9.80 Å². The average Bonchev–Trinajstić information content (AvgIpc) is 1.84. The zero-order valence-electron chi connectivity index (χ0n) is 7.38. The van der Waals surface area contributed by atoms with Gasteiger partial charge in [0.25, 0.3) is 0 Å². The molecule has 0 aliphatic rings. The highest BCUT2D eigenvalue weighted by molar-refractivity contribution is 7.80. The summed E-state index contributed by atoms with van der Waals surface area (Å²) in [5.41, 5.74) is 0. The molecule has 0 unspecified atom stereocenters. The Morgan fingerprint density at radius 1 is 1.20 bits per heavy atom. The second-order valence-corrected chi connectivity index (χ2v) is 3.25. The van der Waals surface area contributed by atoms with Crippen molar-refractivity contribution in [3.8, 4) is 0 Å². The Bertz CT molecular complexity index is 121. The largest absolute Gasteiger partial charge is 0.355 e. The monoisotopic (exact) mass is 160 g/mol. The van der Waals surface area contributed by atoms with E-state index < -0.39 is 0 Å². The Kier molecular flexibility index (Phi) is 3.64. The number of rotatable bonds is 1. The molecule has 2 nitrogen and oxygen atoms in total. The molecule has 0 saturated carbocycles. The van der Waals surface area contributed by atoms with Crippen LogP contribution in [0.1, 0.15) is 13.8 Å². The lowest BCUT2D eigenvalue weighted by molar-refractivity contribution is 0.376. The SMILES string of the molecule is CC(C)N(C)C(=S)N(C)C. The van der Waals surface area contributed by atoms with Crippen molar-refractivity contribution < 1.29 is 0 Å². The Morgan fingerprint density at radius 2 is 1.60 bits per heavy atom. The van der Waals surface area contributed by atoms with Gasteiger partial charge >= 0.3 is 0 Å². The standard InChI is InChI=1S/C7H16N2S/c1-6(2)9(5)7(10)8(3)4/h6H,1-5H3. The molecule has 3 heteroatoms. The first kappa shape index (κ1) is 9.69. The predicted octanol–water partition coefficient (Wildman–Crippen LogP) is 1.17. The number of hydrogen-bond acceptors (Lipinski definition) is 1. The molecule has 0 aromatic rings. The fraction of sp³-hybridized carbons (Fsp3) is 0.857. The van der Waals surface area contributed by atoms with Crippen molar-refractivity contribution in [1.29, 1.82) is 0 Å². The van der Waals surface area contributed by atoms with Gasteiger partial charge in [-0.2, -0.15) is 0 Å². The van der Waals surface area contributed by atoms with Crippen LogP contribution in [0.3, 0.4) is 0 Å². The molecule has 0 amide bonds. The molecule has 0 N–H and O–H groups in total. The number of thiocarbonyl (C=S) groups is 1. The number of nitrogens with zero attached hydrogens (tertiary/aromatic N) is 2. The molecule has 0 saturated heterocycles. The van der Waals surface area contributed by atoms with Gasteiger partial charge in [-0.1, -0.05) is 0 Å². The smallest absolute Gasteiger partial charge is 0.171 e. The summed E-state index contributed by atoms with van der Waals surface area (Å²) in [6, 6.07) is 0.481. The Morgan fingerprint density at radius 3 is 1.70 bits per heavy atom. The molecule has 0 aliphatic carbocycles. The maximum atomic E-state index is 5.13. The van der Waals surface area contributed by atoms with E-state index in [4.69, 9.17) is 12.2 Å². The number of hydrogen-bond donors (Lipinski definition) is 0. The summed E-state index contributed by atoms with van der Waals surface area (Å²) in [5.74, 6) is 0. The molecule has 0 heterocycles. The fourth-order valence-corrected chi connectivity index (χ4v) is 0.747. The van der Waals surface area contributed by atoms with E-state index in [-0.39, 0.29) is 0 Å². The first-order valence-electron chi connectivity index (χ1n) is 3.41. The van der Waals surface area contributed by atoms with E-state index in [0.29, 0.717) is 6.04 Å². The van der Waals surface area contributed by atoms with Gasteiger partial charge in [0, 0.05) is 27.2 Å². The second-order valence-electron chi connectivity index (χ2n) is 2.88. The molecule has 0 radical (unpaired) electrons. The van der Waals surface area contributed by atoms with Gasteiger partial charge in [-0.25, -0.2) is 0 Å². The molecule has 0 aliphatic heterocycles. The summed E-state index contributed by atoms with van der Waals surface area (Å²) < 4.78 is 0. The van der Waals surface area contributed by atoms with Gasteiger partial charge in [-0.05, 0) is 26.1 Å². The van der Waals surface area contributed by atoms with Gasteiger partial charge in [0.2, 0.25) is 0 Å². The molecule has 0 spiro atoms. The Hall–Kier alpha value is -0.310. The molecule has 10 heavy (non-hydrogen) atoms. The van der Waals surface area contributed by atoms with E-state index in [1.54, 1.807) is 0 Å². The first-order valence-corrected chi connectivity index (χ1v) is 3.81. The van der Waals surface area contributed by atoms with Gasteiger partial charge < -0.3 is 9.80 Å². The molecule has 0 atom stereocenters. The molecular formula is C7H16N2S. The topological polar surface area (TPSA) is 6.48 Å². The van der Waals surface area contributed by atoms with E-state index in [0.717, 1.165) is 5.11 Å². The summed E-state index contributed by atoms with van der Waals surface area (Å²) >= 11 is 5.13. The van der Waals surface area contributed by atoms with Crippen LogP contribution in [0.2, 0.25) is 0 Å². The van der Waals surface area contributed by atoms with Crippen molar-refractivity contribution in [3.63, 3.8) is 0 Å². The van der Waals surface area contributed by atoms with Gasteiger partial charge in [0.1, 0.15) is 0 Å². The zero-order chi connectivity index (χ0) is 8.31. The molecule has 0 fully saturated rings. The van der Waals surface area contributed by atoms with Crippen LogP contribution in [0.15, 0.2) is 0 Å². The summed E-state index contributed by atoms with van der Waals surface area (Å²) in [6.45, 7) is 4.24.